The summed E-state index contributed by atoms with van der Waals surface area (Å²) in [6, 6.07) is 5.56. The van der Waals surface area contributed by atoms with Gasteiger partial charge in [0.05, 0.1) is 7.11 Å². The SMILES string of the molecule is COc1ccc(Br)c(CC(F)CC(C)(C)N)c1. The van der Waals surface area contributed by atoms with Crippen molar-refractivity contribution in [2.45, 2.75) is 38.4 Å². The predicted octanol–water partition coefficient (Wildman–Crippen LogP) is 3.47. The van der Waals surface area contributed by atoms with Crippen LogP contribution in [0.5, 0.6) is 5.75 Å². The summed E-state index contributed by atoms with van der Waals surface area (Å²) in [6.45, 7) is 3.67. The maximum Gasteiger partial charge on any atom is 0.119 e. The van der Waals surface area contributed by atoms with Gasteiger partial charge in [0.1, 0.15) is 11.9 Å². The summed E-state index contributed by atoms with van der Waals surface area (Å²) in [5.41, 5.74) is 6.23. The van der Waals surface area contributed by atoms with Crippen molar-refractivity contribution in [2.24, 2.45) is 5.73 Å². The fourth-order valence-corrected chi connectivity index (χ4v) is 2.12. The van der Waals surface area contributed by atoms with E-state index in [0.717, 1.165) is 15.8 Å². The molecule has 1 rings (SSSR count). The Bertz CT molecular complexity index is 376. The van der Waals surface area contributed by atoms with Crippen LogP contribution < -0.4 is 10.5 Å². The third-order valence-corrected chi connectivity index (χ3v) is 3.22. The van der Waals surface area contributed by atoms with Gasteiger partial charge < -0.3 is 10.5 Å². The quantitative estimate of drug-likeness (QED) is 0.904. The lowest BCUT2D eigenvalue weighted by atomic mass is 9.95. The van der Waals surface area contributed by atoms with E-state index in [2.05, 4.69) is 15.9 Å². The van der Waals surface area contributed by atoms with Crippen LogP contribution in [0.25, 0.3) is 0 Å². The minimum Gasteiger partial charge on any atom is -0.497 e. The van der Waals surface area contributed by atoms with Gasteiger partial charge in [-0.1, -0.05) is 15.9 Å². The Balaban J connectivity index is 2.73. The molecule has 0 bridgehead atoms. The van der Waals surface area contributed by atoms with Crippen molar-refractivity contribution in [1.82, 2.24) is 0 Å². The number of hydrogen-bond donors (Lipinski definition) is 1. The molecule has 96 valence electrons. The van der Waals surface area contributed by atoms with Crippen molar-refractivity contribution in [2.75, 3.05) is 7.11 Å². The molecule has 2 N–H and O–H groups in total. The number of benzene rings is 1. The molecule has 0 radical (unpaired) electrons. The Hall–Kier alpha value is -0.610. The van der Waals surface area contributed by atoms with E-state index in [1.165, 1.54) is 0 Å². The molecule has 0 spiro atoms. The van der Waals surface area contributed by atoms with E-state index in [1.807, 2.05) is 32.0 Å². The van der Waals surface area contributed by atoms with Gasteiger partial charge in [-0.05, 0) is 44.0 Å². The molecule has 0 aliphatic rings. The molecule has 4 heteroatoms. The largest absolute Gasteiger partial charge is 0.497 e. The summed E-state index contributed by atoms with van der Waals surface area (Å²) in [7, 11) is 1.60. The fourth-order valence-electron chi connectivity index (χ4n) is 1.72. The van der Waals surface area contributed by atoms with Gasteiger partial charge in [0.2, 0.25) is 0 Å². The van der Waals surface area contributed by atoms with Crippen LogP contribution >= 0.6 is 15.9 Å². The molecule has 1 aromatic carbocycles. The Labute approximate surface area is 110 Å². The summed E-state index contributed by atoms with van der Waals surface area (Å²) in [5.74, 6) is 0.738. The highest BCUT2D eigenvalue weighted by Crippen LogP contribution is 2.25. The first kappa shape index (κ1) is 14.5. The minimum atomic E-state index is -0.946. The van der Waals surface area contributed by atoms with Gasteiger partial charge in [-0.2, -0.15) is 0 Å². The lowest BCUT2D eigenvalue weighted by molar-refractivity contribution is 0.260. The maximum atomic E-state index is 13.9. The molecule has 0 saturated heterocycles. The number of nitrogens with two attached hydrogens (primary N) is 1. The van der Waals surface area contributed by atoms with Gasteiger partial charge >= 0.3 is 0 Å². The molecule has 0 aliphatic heterocycles. The first-order chi connectivity index (χ1) is 7.81. The number of methoxy groups -OCH3 is 1. The van der Waals surface area contributed by atoms with Gasteiger partial charge in [0, 0.05) is 16.4 Å². The Kier molecular flexibility index (Phi) is 4.95. The molecule has 17 heavy (non-hydrogen) atoms. The number of halogens is 2. The molecule has 0 aliphatic carbocycles. The molecule has 2 nitrogen and oxygen atoms in total. The summed E-state index contributed by atoms with van der Waals surface area (Å²) in [5, 5.41) is 0. The lowest BCUT2D eigenvalue weighted by Crippen LogP contribution is -2.35. The zero-order valence-corrected chi connectivity index (χ0v) is 12.1. The van der Waals surface area contributed by atoms with Crippen LogP contribution in [-0.4, -0.2) is 18.8 Å². The second kappa shape index (κ2) is 5.83. The Morgan fingerprint density at radius 2 is 2.12 bits per heavy atom. The van der Waals surface area contributed by atoms with E-state index in [4.69, 9.17) is 10.5 Å². The summed E-state index contributed by atoms with van der Waals surface area (Å²) >= 11 is 3.41. The molecule has 1 unspecified atom stereocenters. The number of ether oxygens (including phenoxy) is 1. The van der Waals surface area contributed by atoms with Crippen LogP contribution in [0.2, 0.25) is 0 Å². The van der Waals surface area contributed by atoms with Gasteiger partial charge in [0.15, 0.2) is 0 Å². The van der Waals surface area contributed by atoms with E-state index in [0.29, 0.717) is 12.8 Å². The van der Waals surface area contributed by atoms with Crippen molar-refractivity contribution >= 4 is 15.9 Å². The molecule has 0 fully saturated rings. The van der Waals surface area contributed by atoms with E-state index in [1.54, 1.807) is 7.11 Å². The van der Waals surface area contributed by atoms with E-state index < -0.39 is 11.7 Å². The van der Waals surface area contributed by atoms with Crippen molar-refractivity contribution < 1.29 is 9.13 Å². The topological polar surface area (TPSA) is 35.2 Å². The highest BCUT2D eigenvalue weighted by atomic mass is 79.9. The van der Waals surface area contributed by atoms with Crippen LogP contribution in [0.15, 0.2) is 22.7 Å². The van der Waals surface area contributed by atoms with E-state index in [-0.39, 0.29) is 0 Å². The zero-order chi connectivity index (χ0) is 13.1. The summed E-state index contributed by atoms with van der Waals surface area (Å²) in [4.78, 5) is 0. The van der Waals surface area contributed by atoms with Crippen molar-refractivity contribution in [3.8, 4) is 5.75 Å². The molecular formula is C13H19BrFNO. The normalized spacial score (nSPS) is 13.5. The third kappa shape index (κ3) is 5.04. The van der Waals surface area contributed by atoms with Crippen LogP contribution in [0, 0.1) is 0 Å². The second-order valence-corrected chi connectivity index (χ2v) is 5.81. The summed E-state index contributed by atoms with van der Waals surface area (Å²) in [6.07, 6.45) is -0.256. The molecule has 0 amide bonds. The molecule has 1 aromatic rings. The first-order valence-electron chi connectivity index (χ1n) is 5.57. The van der Waals surface area contributed by atoms with Gasteiger partial charge in [0.25, 0.3) is 0 Å². The van der Waals surface area contributed by atoms with Crippen molar-refractivity contribution in [3.63, 3.8) is 0 Å². The zero-order valence-electron chi connectivity index (χ0n) is 10.5. The number of rotatable bonds is 5. The molecule has 0 heterocycles. The monoisotopic (exact) mass is 303 g/mol. The average Bonchev–Trinajstić information content (AvgIpc) is 2.18. The highest BCUT2D eigenvalue weighted by Gasteiger charge is 2.19. The first-order valence-corrected chi connectivity index (χ1v) is 6.36. The molecular weight excluding hydrogens is 285 g/mol. The van der Waals surface area contributed by atoms with E-state index >= 15 is 0 Å². The minimum absolute atomic E-state index is 0.344. The van der Waals surface area contributed by atoms with Gasteiger partial charge in [-0.3, -0.25) is 0 Å². The average molecular weight is 304 g/mol. The Morgan fingerprint density at radius 3 is 2.65 bits per heavy atom. The summed E-state index contributed by atoms with van der Waals surface area (Å²) < 4.78 is 19.9. The van der Waals surface area contributed by atoms with Gasteiger partial charge in [-0.15, -0.1) is 0 Å². The molecule has 0 saturated carbocycles. The predicted molar refractivity (Wildman–Crippen MR) is 72.2 cm³/mol. The smallest absolute Gasteiger partial charge is 0.119 e. The van der Waals surface area contributed by atoms with Crippen molar-refractivity contribution in [3.05, 3.63) is 28.2 Å². The number of hydrogen-bond acceptors (Lipinski definition) is 2. The van der Waals surface area contributed by atoms with Gasteiger partial charge in [-0.25, -0.2) is 4.39 Å². The van der Waals surface area contributed by atoms with Crippen LogP contribution in [0.1, 0.15) is 25.8 Å². The lowest BCUT2D eigenvalue weighted by Gasteiger charge is -2.21. The fraction of sp³-hybridized carbons (Fsp3) is 0.538. The highest BCUT2D eigenvalue weighted by molar-refractivity contribution is 9.10. The Morgan fingerprint density at radius 1 is 1.47 bits per heavy atom. The van der Waals surface area contributed by atoms with Crippen LogP contribution in [-0.2, 0) is 6.42 Å². The van der Waals surface area contributed by atoms with Crippen LogP contribution in [0.4, 0.5) is 4.39 Å². The molecule has 0 aromatic heterocycles. The molecule has 1 atom stereocenters. The van der Waals surface area contributed by atoms with E-state index in [9.17, 15) is 4.39 Å². The number of alkyl halides is 1. The second-order valence-electron chi connectivity index (χ2n) is 4.95. The maximum absolute atomic E-state index is 13.9. The van der Waals surface area contributed by atoms with Crippen molar-refractivity contribution in [1.29, 1.82) is 0 Å². The van der Waals surface area contributed by atoms with Crippen LogP contribution in [0.3, 0.4) is 0 Å². The third-order valence-electron chi connectivity index (χ3n) is 2.44. The standard InChI is InChI=1S/C13H19BrFNO/c1-13(2,16)8-10(15)6-9-7-11(17-3)4-5-12(9)14/h4-5,7,10H,6,8,16H2,1-3H3.